The molecule has 1 aromatic carbocycles. The summed E-state index contributed by atoms with van der Waals surface area (Å²) in [5.41, 5.74) is 7.61. The SMILES string of the molecule is NCc1ccc(CNc2nc3sccn3c2[N+](=O)[O-])cc1. The minimum absolute atomic E-state index is 0.0372. The highest BCUT2D eigenvalue weighted by atomic mass is 32.1. The highest BCUT2D eigenvalue weighted by molar-refractivity contribution is 7.15. The summed E-state index contributed by atoms with van der Waals surface area (Å²) in [6.45, 7) is 0.965. The number of hydrogen-bond donors (Lipinski definition) is 2. The van der Waals surface area contributed by atoms with E-state index in [9.17, 15) is 10.1 Å². The van der Waals surface area contributed by atoms with Gasteiger partial charge in [0.25, 0.3) is 4.96 Å². The van der Waals surface area contributed by atoms with Gasteiger partial charge in [0.2, 0.25) is 5.82 Å². The molecule has 21 heavy (non-hydrogen) atoms. The number of nitrogens with one attached hydrogen (secondary N) is 1. The Labute approximate surface area is 124 Å². The second-order valence-corrected chi connectivity index (χ2v) is 5.34. The molecule has 0 atom stereocenters. The molecule has 8 heteroatoms. The van der Waals surface area contributed by atoms with E-state index in [1.807, 2.05) is 24.3 Å². The third kappa shape index (κ3) is 2.58. The summed E-state index contributed by atoms with van der Waals surface area (Å²) < 4.78 is 1.48. The van der Waals surface area contributed by atoms with E-state index in [2.05, 4.69) is 10.3 Å². The third-order valence-corrected chi connectivity index (χ3v) is 3.89. The number of nitrogens with zero attached hydrogens (tertiary/aromatic N) is 3. The van der Waals surface area contributed by atoms with Crippen molar-refractivity contribution in [3.05, 3.63) is 57.1 Å². The quantitative estimate of drug-likeness (QED) is 0.557. The molecule has 0 bridgehead atoms. The lowest BCUT2D eigenvalue weighted by atomic mass is 10.1. The molecule has 0 radical (unpaired) electrons. The molecular formula is C13H13N5O2S. The lowest BCUT2D eigenvalue weighted by Gasteiger charge is -2.04. The van der Waals surface area contributed by atoms with E-state index in [0.29, 0.717) is 18.1 Å². The van der Waals surface area contributed by atoms with Gasteiger partial charge in [-0.2, -0.15) is 9.38 Å². The summed E-state index contributed by atoms with van der Waals surface area (Å²) in [7, 11) is 0. The number of rotatable bonds is 5. The highest BCUT2D eigenvalue weighted by Gasteiger charge is 2.23. The van der Waals surface area contributed by atoms with E-state index < -0.39 is 4.92 Å². The van der Waals surface area contributed by atoms with Gasteiger partial charge in [-0.15, -0.1) is 0 Å². The Morgan fingerprint density at radius 2 is 2.05 bits per heavy atom. The molecular weight excluding hydrogens is 290 g/mol. The second-order valence-electron chi connectivity index (χ2n) is 4.47. The Morgan fingerprint density at radius 1 is 1.33 bits per heavy atom. The van der Waals surface area contributed by atoms with Gasteiger partial charge in [-0.25, -0.2) is 0 Å². The maximum absolute atomic E-state index is 11.2. The summed E-state index contributed by atoms with van der Waals surface area (Å²) in [5, 5.41) is 16.0. The topological polar surface area (TPSA) is 98.5 Å². The van der Waals surface area contributed by atoms with Crippen LogP contribution in [0.2, 0.25) is 0 Å². The molecule has 0 aliphatic carbocycles. The van der Waals surface area contributed by atoms with Gasteiger partial charge in [-0.1, -0.05) is 35.6 Å². The molecule has 0 aliphatic heterocycles. The molecule has 3 aromatic rings. The van der Waals surface area contributed by atoms with Crippen LogP contribution < -0.4 is 11.1 Å². The predicted molar refractivity (Wildman–Crippen MR) is 81.4 cm³/mol. The van der Waals surface area contributed by atoms with Crippen LogP contribution in [-0.4, -0.2) is 14.3 Å². The van der Waals surface area contributed by atoms with E-state index in [4.69, 9.17) is 5.73 Å². The molecule has 108 valence electrons. The van der Waals surface area contributed by atoms with Crippen LogP contribution in [0.4, 0.5) is 11.6 Å². The largest absolute Gasteiger partial charge is 0.372 e. The number of hydrogen-bond acceptors (Lipinski definition) is 6. The first-order valence-corrected chi connectivity index (χ1v) is 7.18. The molecule has 3 rings (SSSR count). The van der Waals surface area contributed by atoms with Crippen molar-refractivity contribution >= 4 is 27.9 Å². The molecule has 0 amide bonds. The summed E-state index contributed by atoms with van der Waals surface area (Å²) >= 11 is 1.36. The molecule has 2 aromatic heterocycles. The number of nitro groups is 1. The Kier molecular flexibility index (Phi) is 3.55. The zero-order valence-electron chi connectivity index (χ0n) is 11.0. The molecule has 3 N–H and O–H groups in total. The van der Waals surface area contributed by atoms with Gasteiger partial charge >= 0.3 is 5.82 Å². The average Bonchev–Trinajstić information content (AvgIpc) is 3.05. The van der Waals surface area contributed by atoms with Crippen LogP contribution in [0.25, 0.3) is 4.96 Å². The average molecular weight is 303 g/mol. The van der Waals surface area contributed by atoms with E-state index in [1.165, 1.54) is 15.7 Å². The number of fused-ring (bicyclic) bond motifs is 1. The Bertz CT molecular complexity index is 778. The monoisotopic (exact) mass is 303 g/mol. The summed E-state index contributed by atoms with van der Waals surface area (Å²) in [6.07, 6.45) is 1.65. The zero-order chi connectivity index (χ0) is 14.8. The van der Waals surface area contributed by atoms with Gasteiger partial charge in [0.15, 0.2) is 0 Å². The fourth-order valence-corrected chi connectivity index (χ4v) is 2.76. The lowest BCUT2D eigenvalue weighted by molar-refractivity contribution is -0.389. The van der Waals surface area contributed by atoms with Crippen molar-refractivity contribution in [2.75, 3.05) is 5.32 Å². The molecule has 0 unspecified atom stereocenters. The van der Waals surface area contributed by atoms with Crippen LogP contribution in [0.5, 0.6) is 0 Å². The number of benzene rings is 1. The highest BCUT2D eigenvalue weighted by Crippen LogP contribution is 2.28. The summed E-state index contributed by atoms with van der Waals surface area (Å²) in [4.78, 5) is 15.6. The molecule has 0 aliphatic rings. The molecule has 0 spiro atoms. The molecule has 0 fully saturated rings. The van der Waals surface area contributed by atoms with Crippen molar-refractivity contribution in [2.45, 2.75) is 13.1 Å². The third-order valence-electron chi connectivity index (χ3n) is 3.13. The van der Waals surface area contributed by atoms with Crippen LogP contribution >= 0.6 is 11.3 Å². The first kappa shape index (κ1) is 13.5. The Morgan fingerprint density at radius 3 is 2.71 bits per heavy atom. The van der Waals surface area contributed by atoms with Gasteiger partial charge in [-0.05, 0) is 16.1 Å². The van der Waals surface area contributed by atoms with Gasteiger partial charge in [-0.3, -0.25) is 0 Å². The Hall–Kier alpha value is -2.45. The maximum Gasteiger partial charge on any atom is 0.372 e. The Balaban J connectivity index is 1.82. The lowest BCUT2D eigenvalue weighted by Crippen LogP contribution is -2.03. The van der Waals surface area contributed by atoms with Crippen molar-refractivity contribution in [3.63, 3.8) is 0 Å². The van der Waals surface area contributed by atoms with Gasteiger partial charge in [0.1, 0.15) is 6.20 Å². The van der Waals surface area contributed by atoms with E-state index >= 15 is 0 Å². The van der Waals surface area contributed by atoms with Crippen LogP contribution in [-0.2, 0) is 13.1 Å². The van der Waals surface area contributed by atoms with E-state index in [0.717, 1.165) is 11.1 Å². The van der Waals surface area contributed by atoms with Crippen molar-refractivity contribution < 1.29 is 4.92 Å². The second kappa shape index (κ2) is 5.51. The smallest absolute Gasteiger partial charge is 0.359 e. The fraction of sp³-hybridized carbons (Fsp3) is 0.154. The molecule has 0 saturated carbocycles. The zero-order valence-corrected chi connectivity index (χ0v) is 11.8. The van der Waals surface area contributed by atoms with Gasteiger partial charge in [0.05, 0.1) is 0 Å². The predicted octanol–water partition coefficient (Wildman–Crippen LogP) is 2.37. The van der Waals surface area contributed by atoms with Crippen molar-refractivity contribution in [2.24, 2.45) is 5.73 Å². The normalized spacial score (nSPS) is 10.9. The minimum atomic E-state index is -0.424. The summed E-state index contributed by atoms with van der Waals surface area (Å²) in [5.74, 6) is 0.250. The van der Waals surface area contributed by atoms with E-state index in [-0.39, 0.29) is 11.6 Å². The molecule has 2 heterocycles. The number of imidazole rings is 1. The van der Waals surface area contributed by atoms with Crippen LogP contribution in [0, 0.1) is 10.1 Å². The van der Waals surface area contributed by atoms with E-state index in [1.54, 1.807) is 11.6 Å². The van der Waals surface area contributed by atoms with Crippen molar-refractivity contribution in [1.29, 1.82) is 0 Å². The van der Waals surface area contributed by atoms with Gasteiger partial charge in [0, 0.05) is 18.5 Å². The minimum Gasteiger partial charge on any atom is -0.359 e. The first-order chi connectivity index (χ1) is 10.2. The number of nitrogens with two attached hydrogens (primary N) is 1. The number of anilines is 1. The van der Waals surface area contributed by atoms with Crippen LogP contribution in [0.15, 0.2) is 35.8 Å². The number of aromatic nitrogens is 2. The summed E-state index contributed by atoms with van der Waals surface area (Å²) in [6, 6.07) is 7.77. The van der Waals surface area contributed by atoms with Crippen molar-refractivity contribution in [3.8, 4) is 0 Å². The molecule has 0 saturated heterocycles. The standard InChI is InChI=1S/C13H13N5O2S/c14-7-9-1-3-10(4-2-9)8-15-11-12(18(19)20)17-5-6-21-13(17)16-11/h1-6,15H,7-8,14H2. The van der Waals surface area contributed by atoms with Crippen LogP contribution in [0.3, 0.4) is 0 Å². The first-order valence-electron chi connectivity index (χ1n) is 6.30. The van der Waals surface area contributed by atoms with Crippen molar-refractivity contribution in [1.82, 2.24) is 9.38 Å². The molecule has 7 nitrogen and oxygen atoms in total. The fourth-order valence-electron chi connectivity index (χ4n) is 2.05. The van der Waals surface area contributed by atoms with Gasteiger partial charge < -0.3 is 21.2 Å². The maximum atomic E-state index is 11.2. The number of thiazole rings is 1. The van der Waals surface area contributed by atoms with Crippen LogP contribution in [0.1, 0.15) is 11.1 Å².